The Morgan fingerprint density at radius 1 is 1.23 bits per heavy atom. The lowest BCUT2D eigenvalue weighted by molar-refractivity contribution is -0.386. The van der Waals surface area contributed by atoms with Crippen LogP contribution in [0.25, 0.3) is 0 Å². The van der Waals surface area contributed by atoms with Gasteiger partial charge in [-0.05, 0) is 57.7 Å². The number of ether oxygens (including phenoxy) is 1. The molecule has 1 atom stereocenters. The van der Waals surface area contributed by atoms with Crippen LogP contribution in [0.15, 0.2) is 24.3 Å². The van der Waals surface area contributed by atoms with Gasteiger partial charge in [0.05, 0.1) is 17.0 Å². The highest BCUT2D eigenvalue weighted by Gasteiger charge is 2.24. The SMILES string of the molecule is Cc1nn(Cc2ccc(C(=O)OCC(=O)N3CCCC[C@H]3C)cc2)c(C)c1[N+](=O)[O-]. The van der Waals surface area contributed by atoms with Gasteiger partial charge in [-0.15, -0.1) is 0 Å². The van der Waals surface area contributed by atoms with Crippen molar-refractivity contribution in [1.82, 2.24) is 14.7 Å². The standard InChI is InChI=1S/C21H26N4O5/c1-14-6-4-5-11-23(14)19(26)13-30-21(27)18-9-7-17(8-10-18)12-24-16(3)20(25(28)29)15(2)22-24/h7-10,14H,4-6,11-13H2,1-3H3/t14-/m1/s1. The van der Waals surface area contributed by atoms with Crippen molar-refractivity contribution >= 4 is 17.6 Å². The Morgan fingerprint density at radius 3 is 2.53 bits per heavy atom. The number of carbonyl (C=O) groups excluding carboxylic acids is 2. The second kappa shape index (κ2) is 9.06. The Balaban J connectivity index is 1.59. The van der Waals surface area contributed by atoms with Crippen molar-refractivity contribution in [3.63, 3.8) is 0 Å². The summed E-state index contributed by atoms with van der Waals surface area (Å²) >= 11 is 0. The van der Waals surface area contributed by atoms with E-state index in [9.17, 15) is 19.7 Å². The van der Waals surface area contributed by atoms with Crippen LogP contribution in [0.4, 0.5) is 5.69 Å². The molecule has 160 valence electrons. The lowest BCUT2D eigenvalue weighted by Gasteiger charge is -2.33. The number of aromatic nitrogens is 2. The smallest absolute Gasteiger partial charge is 0.338 e. The molecule has 0 N–H and O–H groups in total. The number of carbonyl (C=O) groups is 2. The van der Waals surface area contributed by atoms with Gasteiger partial charge in [0.15, 0.2) is 6.61 Å². The van der Waals surface area contributed by atoms with E-state index >= 15 is 0 Å². The second-order valence-corrected chi connectivity index (χ2v) is 7.64. The summed E-state index contributed by atoms with van der Waals surface area (Å²) < 4.78 is 6.76. The third-order valence-electron chi connectivity index (χ3n) is 5.50. The van der Waals surface area contributed by atoms with E-state index in [1.165, 1.54) is 0 Å². The van der Waals surface area contributed by atoms with Crippen LogP contribution in [0.2, 0.25) is 0 Å². The zero-order chi connectivity index (χ0) is 21.8. The van der Waals surface area contributed by atoms with Gasteiger partial charge in [0.2, 0.25) is 0 Å². The molecule has 0 aliphatic carbocycles. The Morgan fingerprint density at radius 2 is 1.93 bits per heavy atom. The number of piperidine rings is 1. The predicted molar refractivity (Wildman–Crippen MR) is 109 cm³/mol. The van der Waals surface area contributed by atoms with E-state index in [1.807, 2.05) is 6.92 Å². The normalized spacial score (nSPS) is 16.4. The van der Waals surface area contributed by atoms with E-state index in [-0.39, 0.29) is 24.2 Å². The molecule has 9 heteroatoms. The molecule has 1 aromatic heterocycles. The highest BCUT2D eigenvalue weighted by Crippen LogP contribution is 2.22. The summed E-state index contributed by atoms with van der Waals surface area (Å²) in [5.74, 6) is -0.723. The molecule has 1 saturated heterocycles. The molecule has 0 bridgehead atoms. The summed E-state index contributed by atoms with van der Waals surface area (Å²) in [4.78, 5) is 37.0. The van der Waals surface area contributed by atoms with Crippen molar-refractivity contribution in [1.29, 1.82) is 0 Å². The molecule has 1 aliphatic heterocycles. The number of hydrogen-bond acceptors (Lipinski definition) is 6. The van der Waals surface area contributed by atoms with Gasteiger partial charge in [-0.3, -0.25) is 19.6 Å². The molecule has 0 spiro atoms. The van der Waals surface area contributed by atoms with Crippen molar-refractivity contribution in [3.05, 3.63) is 56.9 Å². The van der Waals surface area contributed by atoms with Gasteiger partial charge in [-0.25, -0.2) is 4.79 Å². The van der Waals surface area contributed by atoms with E-state index < -0.39 is 10.9 Å². The topological polar surface area (TPSA) is 108 Å². The molecule has 0 saturated carbocycles. The van der Waals surface area contributed by atoms with Gasteiger partial charge >= 0.3 is 11.7 Å². The van der Waals surface area contributed by atoms with Crippen molar-refractivity contribution < 1.29 is 19.2 Å². The molecule has 2 heterocycles. The third-order valence-corrected chi connectivity index (χ3v) is 5.50. The fourth-order valence-electron chi connectivity index (χ4n) is 3.79. The fourth-order valence-corrected chi connectivity index (χ4v) is 3.79. The molecule has 1 aromatic carbocycles. The van der Waals surface area contributed by atoms with Gasteiger partial charge in [-0.2, -0.15) is 5.10 Å². The Kier molecular flexibility index (Phi) is 6.49. The first-order chi connectivity index (χ1) is 14.3. The second-order valence-electron chi connectivity index (χ2n) is 7.64. The predicted octanol–water partition coefficient (Wildman–Crippen LogP) is 3.01. The maximum atomic E-state index is 12.3. The largest absolute Gasteiger partial charge is 0.452 e. The minimum atomic E-state index is -0.554. The van der Waals surface area contributed by atoms with Crippen LogP contribution < -0.4 is 0 Å². The summed E-state index contributed by atoms with van der Waals surface area (Å²) in [6, 6.07) is 6.90. The summed E-state index contributed by atoms with van der Waals surface area (Å²) in [6.45, 7) is 6.06. The number of rotatable bonds is 6. The van der Waals surface area contributed by atoms with Crippen LogP contribution in [-0.2, 0) is 16.1 Å². The highest BCUT2D eigenvalue weighted by atomic mass is 16.6. The first kappa shape index (κ1) is 21.5. The number of amides is 1. The molecular weight excluding hydrogens is 388 g/mol. The van der Waals surface area contributed by atoms with Crippen LogP contribution in [-0.4, -0.2) is 50.7 Å². The third kappa shape index (κ3) is 4.67. The molecule has 2 aromatic rings. The number of hydrogen-bond donors (Lipinski definition) is 0. The molecule has 1 aliphatic rings. The molecular formula is C21H26N4O5. The molecule has 0 radical (unpaired) electrons. The monoisotopic (exact) mass is 414 g/mol. The average Bonchev–Trinajstić information content (AvgIpc) is 2.99. The van der Waals surface area contributed by atoms with E-state index in [0.717, 1.165) is 24.8 Å². The van der Waals surface area contributed by atoms with Crippen LogP contribution in [0.5, 0.6) is 0 Å². The number of aryl methyl sites for hydroxylation is 1. The summed E-state index contributed by atoms with van der Waals surface area (Å²) in [5.41, 5.74) is 2.04. The van der Waals surface area contributed by atoms with Gasteiger partial charge in [-0.1, -0.05) is 12.1 Å². The summed E-state index contributed by atoms with van der Waals surface area (Å²) in [7, 11) is 0. The minimum absolute atomic E-state index is 0.0166. The Labute approximate surface area is 174 Å². The van der Waals surface area contributed by atoms with Crippen LogP contribution in [0.3, 0.4) is 0 Å². The van der Waals surface area contributed by atoms with Gasteiger partial charge in [0.25, 0.3) is 5.91 Å². The summed E-state index contributed by atoms with van der Waals surface area (Å²) in [5, 5.41) is 15.4. The number of likely N-dealkylation sites (tertiary alicyclic amines) is 1. The number of benzene rings is 1. The highest BCUT2D eigenvalue weighted by molar-refractivity contribution is 5.91. The van der Waals surface area contributed by atoms with Gasteiger partial charge in [0.1, 0.15) is 11.4 Å². The van der Waals surface area contributed by atoms with Crippen molar-refractivity contribution in [3.8, 4) is 0 Å². The van der Waals surface area contributed by atoms with E-state index in [0.29, 0.717) is 30.0 Å². The fraction of sp³-hybridized carbons (Fsp3) is 0.476. The van der Waals surface area contributed by atoms with E-state index in [4.69, 9.17) is 4.74 Å². The zero-order valence-electron chi connectivity index (χ0n) is 17.5. The first-order valence-corrected chi connectivity index (χ1v) is 10.0. The molecule has 9 nitrogen and oxygen atoms in total. The molecule has 3 rings (SSSR count). The number of nitrogens with zero attached hydrogens (tertiary/aromatic N) is 4. The van der Waals surface area contributed by atoms with Crippen molar-refractivity contribution in [2.24, 2.45) is 0 Å². The number of esters is 1. The zero-order valence-corrected chi connectivity index (χ0v) is 17.5. The van der Waals surface area contributed by atoms with Gasteiger partial charge in [0, 0.05) is 12.6 Å². The lowest BCUT2D eigenvalue weighted by Crippen LogP contribution is -2.44. The van der Waals surface area contributed by atoms with Crippen molar-refractivity contribution in [2.75, 3.05) is 13.2 Å². The molecule has 1 fully saturated rings. The van der Waals surface area contributed by atoms with Gasteiger partial charge < -0.3 is 9.64 Å². The van der Waals surface area contributed by atoms with Crippen LogP contribution >= 0.6 is 0 Å². The molecule has 0 unspecified atom stereocenters. The molecule has 30 heavy (non-hydrogen) atoms. The Hall–Kier alpha value is -3.23. The maximum absolute atomic E-state index is 12.3. The Bertz CT molecular complexity index is 951. The number of nitro groups is 1. The maximum Gasteiger partial charge on any atom is 0.338 e. The van der Waals surface area contributed by atoms with Crippen LogP contribution in [0, 0.1) is 24.0 Å². The quantitative estimate of drug-likeness (QED) is 0.408. The van der Waals surface area contributed by atoms with E-state index in [1.54, 1.807) is 47.7 Å². The van der Waals surface area contributed by atoms with Crippen LogP contribution in [0.1, 0.15) is 53.5 Å². The average molecular weight is 414 g/mol. The van der Waals surface area contributed by atoms with E-state index in [2.05, 4.69) is 5.10 Å². The first-order valence-electron chi connectivity index (χ1n) is 10.0. The minimum Gasteiger partial charge on any atom is -0.452 e. The lowest BCUT2D eigenvalue weighted by atomic mass is 10.0. The molecule has 1 amide bonds. The summed E-state index contributed by atoms with van der Waals surface area (Å²) in [6.07, 6.45) is 3.06. The van der Waals surface area contributed by atoms with Crippen molar-refractivity contribution in [2.45, 2.75) is 52.6 Å².